The standard InChI is InChI=1S/C18H21N5OS/c1-11-15(12(2)23-22-11)6-7-17(24)20-10-16-13(3)21-18(25-16)14-5-4-8-19-9-14/h4-5,8-9H,6-7,10H2,1-3H3,(H,20,24)(H,22,23). The zero-order valence-electron chi connectivity index (χ0n) is 14.6. The van der Waals surface area contributed by atoms with E-state index in [0.29, 0.717) is 19.4 Å². The Balaban J connectivity index is 1.56. The summed E-state index contributed by atoms with van der Waals surface area (Å²) in [6, 6.07) is 3.89. The third-order valence-corrected chi connectivity index (χ3v) is 5.34. The molecule has 3 rings (SSSR count). The van der Waals surface area contributed by atoms with Gasteiger partial charge in [0.2, 0.25) is 5.91 Å². The lowest BCUT2D eigenvalue weighted by Gasteiger charge is -2.04. The van der Waals surface area contributed by atoms with Crippen LogP contribution in [0.2, 0.25) is 0 Å². The Bertz CT molecular complexity index is 849. The minimum absolute atomic E-state index is 0.0377. The largest absolute Gasteiger partial charge is 0.351 e. The van der Waals surface area contributed by atoms with Crippen molar-refractivity contribution in [1.82, 2.24) is 25.5 Å². The van der Waals surface area contributed by atoms with Gasteiger partial charge in [-0.25, -0.2) is 4.98 Å². The average molecular weight is 355 g/mol. The minimum Gasteiger partial charge on any atom is -0.351 e. The van der Waals surface area contributed by atoms with Gasteiger partial charge in [0.05, 0.1) is 17.9 Å². The van der Waals surface area contributed by atoms with Crippen molar-refractivity contribution in [2.45, 2.75) is 40.2 Å². The summed E-state index contributed by atoms with van der Waals surface area (Å²) in [5, 5.41) is 11.0. The van der Waals surface area contributed by atoms with Gasteiger partial charge >= 0.3 is 0 Å². The Kier molecular flexibility index (Phi) is 5.23. The molecule has 0 radical (unpaired) electrons. The van der Waals surface area contributed by atoms with Gasteiger partial charge in [-0.3, -0.25) is 14.9 Å². The predicted octanol–water partition coefficient (Wildman–Crippen LogP) is 3.10. The smallest absolute Gasteiger partial charge is 0.220 e. The van der Waals surface area contributed by atoms with Crippen molar-refractivity contribution in [3.8, 4) is 10.6 Å². The van der Waals surface area contributed by atoms with Crippen molar-refractivity contribution >= 4 is 17.2 Å². The molecule has 0 unspecified atom stereocenters. The topological polar surface area (TPSA) is 83.6 Å². The van der Waals surface area contributed by atoms with Gasteiger partial charge < -0.3 is 5.32 Å². The van der Waals surface area contributed by atoms with Gasteiger partial charge in [0, 0.05) is 34.9 Å². The van der Waals surface area contributed by atoms with E-state index in [4.69, 9.17) is 0 Å². The van der Waals surface area contributed by atoms with Crippen LogP contribution < -0.4 is 5.32 Å². The molecule has 0 bridgehead atoms. The molecule has 0 spiro atoms. The van der Waals surface area contributed by atoms with Crippen LogP contribution in [0.25, 0.3) is 10.6 Å². The zero-order valence-corrected chi connectivity index (χ0v) is 15.4. The highest BCUT2D eigenvalue weighted by molar-refractivity contribution is 7.15. The Labute approximate surface area is 150 Å². The number of thiazole rings is 1. The fourth-order valence-corrected chi connectivity index (χ4v) is 3.65. The number of nitrogens with zero attached hydrogens (tertiary/aromatic N) is 3. The number of H-pyrrole nitrogens is 1. The number of amides is 1. The minimum atomic E-state index is 0.0377. The van der Waals surface area contributed by atoms with Crippen LogP contribution in [0.5, 0.6) is 0 Å². The van der Waals surface area contributed by atoms with Crippen LogP contribution in [0.4, 0.5) is 0 Å². The second kappa shape index (κ2) is 7.57. The van der Waals surface area contributed by atoms with E-state index >= 15 is 0 Å². The highest BCUT2D eigenvalue weighted by atomic mass is 32.1. The van der Waals surface area contributed by atoms with Crippen LogP contribution in [0, 0.1) is 20.8 Å². The summed E-state index contributed by atoms with van der Waals surface area (Å²) in [6.07, 6.45) is 4.70. The molecule has 0 fully saturated rings. The molecule has 0 aliphatic heterocycles. The Morgan fingerprint density at radius 3 is 2.80 bits per heavy atom. The highest BCUT2D eigenvalue weighted by Crippen LogP contribution is 2.27. The van der Waals surface area contributed by atoms with E-state index in [0.717, 1.165) is 38.1 Å². The van der Waals surface area contributed by atoms with Crippen LogP contribution >= 0.6 is 11.3 Å². The van der Waals surface area contributed by atoms with Gasteiger partial charge in [0.15, 0.2) is 0 Å². The van der Waals surface area contributed by atoms with E-state index < -0.39 is 0 Å². The highest BCUT2D eigenvalue weighted by Gasteiger charge is 2.12. The van der Waals surface area contributed by atoms with Crippen LogP contribution in [-0.2, 0) is 17.8 Å². The van der Waals surface area contributed by atoms with Crippen LogP contribution in [0.3, 0.4) is 0 Å². The number of rotatable bonds is 6. The zero-order chi connectivity index (χ0) is 17.8. The molecule has 0 aliphatic carbocycles. The number of hydrogen-bond donors (Lipinski definition) is 2. The average Bonchev–Trinajstić information content (AvgIpc) is 3.14. The number of aromatic amines is 1. The SMILES string of the molecule is Cc1nc(-c2cccnc2)sc1CNC(=O)CCc1c(C)n[nH]c1C. The molecule has 0 aromatic carbocycles. The first-order valence-corrected chi connectivity index (χ1v) is 9.00. The van der Waals surface area contributed by atoms with E-state index in [1.54, 1.807) is 23.7 Å². The summed E-state index contributed by atoms with van der Waals surface area (Å²) in [6.45, 7) is 6.41. The number of aromatic nitrogens is 4. The van der Waals surface area contributed by atoms with Gasteiger partial charge in [-0.1, -0.05) is 0 Å². The molecule has 130 valence electrons. The number of aryl methyl sites for hydroxylation is 3. The van der Waals surface area contributed by atoms with E-state index in [9.17, 15) is 4.79 Å². The maximum Gasteiger partial charge on any atom is 0.220 e. The fourth-order valence-electron chi connectivity index (χ4n) is 2.65. The molecule has 7 heteroatoms. The second-order valence-electron chi connectivity index (χ2n) is 5.96. The van der Waals surface area contributed by atoms with E-state index in [2.05, 4.69) is 25.5 Å². The number of pyridine rings is 1. The van der Waals surface area contributed by atoms with E-state index in [-0.39, 0.29) is 5.91 Å². The van der Waals surface area contributed by atoms with Crippen molar-refractivity contribution in [2.75, 3.05) is 0 Å². The third kappa shape index (κ3) is 4.11. The predicted molar refractivity (Wildman–Crippen MR) is 98.3 cm³/mol. The van der Waals surface area contributed by atoms with Crippen molar-refractivity contribution in [3.63, 3.8) is 0 Å². The molecule has 1 amide bonds. The van der Waals surface area contributed by atoms with Crippen molar-refractivity contribution in [2.24, 2.45) is 0 Å². The summed E-state index contributed by atoms with van der Waals surface area (Å²) in [4.78, 5) is 21.9. The number of carbonyl (C=O) groups is 1. The van der Waals surface area contributed by atoms with Gasteiger partial charge in [-0.15, -0.1) is 11.3 Å². The quantitative estimate of drug-likeness (QED) is 0.712. The summed E-state index contributed by atoms with van der Waals surface area (Å²) < 4.78 is 0. The molecular formula is C18H21N5OS. The first-order chi connectivity index (χ1) is 12.0. The van der Waals surface area contributed by atoms with Gasteiger partial charge in [-0.2, -0.15) is 5.10 Å². The fraction of sp³-hybridized carbons (Fsp3) is 0.333. The molecular weight excluding hydrogens is 334 g/mol. The summed E-state index contributed by atoms with van der Waals surface area (Å²) in [5.74, 6) is 0.0377. The Morgan fingerprint density at radius 2 is 2.12 bits per heavy atom. The molecule has 0 atom stereocenters. The molecule has 0 aliphatic rings. The Hall–Kier alpha value is -2.54. The monoisotopic (exact) mass is 355 g/mol. The lowest BCUT2D eigenvalue weighted by molar-refractivity contribution is -0.121. The van der Waals surface area contributed by atoms with Gasteiger partial charge in [0.25, 0.3) is 0 Å². The summed E-state index contributed by atoms with van der Waals surface area (Å²) in [5.41, 5.74) is 5.07. The van der Waals surface area contributed by atoms with E-state index in [1.165, 1.54) is 0 Å². The molecule has 6 nitrogen and oxygen atoms in total. The van der Waals surface area contributed by atoms with Crippen LogP contribution in [-0.4, -0.2) is 26.1 Å². The lowest BCUT2D eigenvalue weighted by atomic mass is 10.1. The number of carbonyl (C=O) groups excluding carboxylic acids is 1. The molecule has 3 heterocycles. The lowest BCUT2D eigenvalue weighted by Crippen LogP contribution is -2.23. The van der Waals surface area contributed by atoms with Gasteiger partial charge in [0.1, 0.15) is 5.01 Å². The number of nitrogens with one attached hydrogen (secondary N) is 2. The van der Waals surface area contributed by atoms with Crippen molar-refractivity contribution in [1.29, 1.82) is 0 Å². The molecule has 0 saturated carbocycles. The third-order valence-electron chi connectivity index (χ3n) is 4.13. The molecule has 3 aromatic rings. The van der Waals surface area contributed by atoms with Crippen LogP contribution in [0.1, 0.15) is 33.9 Å². The Morgan fingerprint density at radius 1 is 1.28 bits per heavy atom. The molecule has 0 saturated heterocycles. The number of hydrogen-bond acceptors (Lipinski definition) is 5. The van der Waals surface area contributed by atoms with Gasteiger partial charge in [-0.05, 0) is 44.9 Å². The van der Waals surface area contributed by atoms with E-state index in [1.807, 2.05) is 32.9 Å². The summed E-state index contributed by atoms with van der Waals surface area (Å²) >= 11 is 1.59. The van der Waals surface area contributed by atoms with Crippen molar-refractivity contribution in [3.05, 3.63) is 52.0 Å². The second-order valence-corrected chi connectivity index (χ2v) is 7.04. The molecule has 2 N–H and O–H groups in total. The molecule has 25 heavy (non-hydrogen) atoms. The molecule has 3 aromatic heterocycles. The van der Waals surface area contributed by atoms with Crippen LogP contribution in [0.15, 0.2) is 24.5 Å². The first kappa shape index (κ1) is 17.3. The van der Waals surface area contributed by atoms with Crippen molar-refractivity contribution < 1.29 is 4.79 Å². The first-order valence-electron chi connectivity index (χ1n) is 8.18. The maximum atomic E-state index is 12.2. The summed E-state index contributed by atoms with van der Waals surface area (Å²) in [7, 11) is 0. The maximum absolute atomic E-state index is 12.2. The normalized spacial score (nSPS) is 10.8.